The third kappa shape index (κ3) is 6.61. The number of aryl methyl sites for hydroxylation is 1. The van der Waals surface area contributed by atoms with E-state index in [4.69, 9.17) is 9.63 Å². The van der Waals surface area contributed by atoms with Gasteiger partial charge in [0.05, 0.1) is 11.3 Å². The minimum atomic E-state index is -3.92. The van der Waals surface area contributed by atoms with Gasteiger partial charge in [-0.2, -0.15) is 0 Å². The van der Waals surface area contributed by atoms with Crippen molar-refractivity contribution in [3.8, 4) is 11.1 Å². The third-order valence-electron chi connectivity index (χ3n) is 5.88. The summed E-state index contributed by atoms with van der Waals surface area (Å²) in [6, 6.07) is 21.1. The molecule has 10 nitrogen and oxygen atoms in total. The number of nitrogens with zero attached hydrogens (tertiary/aromatic N) is 2. The van der Waals surface area contributed by atoms with E-state index >= 15 is 0 Å². The lowest BCUT2D eigenvalue weighted by molar-refractivity contribution is -0.136. The molecule has 214 valence electrons. The van der Waals surface area contributed by atoms with Gasteiger partial charge in [-0.1, -0.05) is 67.2 Å². The molecule has 1 amide bonds. The fourth-order valence-corrected chi connectivity index (χ4v) is 5.38. The van der Waals surface area contributed by atoms with Gasteiger partial charge in [0, 0.05) is 24.2 Å². The van der Waals surface area contributed by atoms with Gasteiger partial charge < -0.3 is 20.1 Å². The van der Waals surface area contributed by atoms with E-state index in [1.807, 2.05) is 30.3 Å². The monoisotopic (exact) mass is 581 g/mol. The summed E-state index contributed by atoms with van der Waals surface area (Å²) in [5.74, 6) is -1.98. The Labute approximate surface area is 236 Å². The van der Waals surface area contributed by atoms with E-state index in [0.29, 0.717) is 16.9 Å². The first-order valence-electron chi connectivity index (χ1n) is 11.8. The number of anilines is 1. The van der Waals surface area contributed by atoms with Crippen LogP contribution in [0.5, 0.6) is 0 Å². The highest BCUT2D eigenvalue weighted by Crippen LogP contribution is 2.34. The second-order valence-electron chi connectivity index (χ2n) is 8.69. The Balaban J connectivity index is 0.000000230. The molecule has 0 radical (unpaired) electrons. The third-order valence-corrected chi connectivity index (χ3v) is 7.69. The van der Waals surface area contributed by atoms with Gasteiger partial charge in [-0.15, -0.1) is 0 Å². The van der Waals surface area contributed by atoms with E-state index in [1.54, 1.807) is 31.2 Å². The lowest BCUT2D eigenvalue weighted by Crippen LogP contribution is -2.37. The van der Waals surface area contributed by atoms with E-state index < -0.39 is 33.5 Å². The van der Waals surface area contributed by atoms with Crippen LogP contribution in [0.25, 0.3) is 16.9 Å². The minimum absolute atomic E-state index is 0. The van der Waals surface area contributed by atoms with Crippen molar-refractivity contribution in [3.05, 3.63) is 107 Å². The Morgan fingerprint density at radius 1 is 1.00 bits per heavy atom. The van der Waals surface area contributed by atoms with Crippen LogP contribution >= 0.6 is 0 Å². The Morgan fingerprint density at radius 2 is 1.66 bits per heavy atom. The standard InChI is InChI=1S/C14H11FO2.C14H13N3O5S.CH4/c15-13-8-10(9-14(16)17)6-7-12(13)11-4-2-1-3-5-11;1-8-7-11(16-22-8)15-14(19)12-13(18)9-5-3-4-6-10(9)23(20,21)17(12)2;/h1-8H,9H2,(H,16,17);3-7,18H,1-2H3,(H,15,16,19);1H4. The van der Waals surface area contributed by atoms with Gasteiger partial charge in [0.25, 0.3) is 15.9 Å². The highest BCUT2D eigenvalue weighted by Gasteiger charge is 2.37. The zero-order chi connectivity index (χ0) is 29.0. The molecule has 3 aromatic carbocycles. The summed E-state index contributed by atoms with van der Waals surface area (Å²) in [4.78, 5) is 22.8. The Kier molecular flexibility index (Phi) is 9.30. The zero-order valence-electron chi connectivity index (χ0n) is 21.3. The number of carboxylic acid groups (broad SMARTS) is 1. The van der Waals surface area contributed by atoms with Crippen molar-refractivity contribution < 1.29 is 37.1 Å². The topological polar surface area (TPSA) is 150 Å². The maximum absolute atomic E-state index is 13.8. The Morgan fingerprint density at radius 3 is 2.27 bits per heavy atom. The molecule has 0 bridgehead atoms. The predicted molar refractivity (Wildman–Crippen MR) is 151 cm³/mol. The normalized spacial score (nSPS) is 13.3. The number of hydrogen-bond donors (Lipinski definition) is 3. The van der Waals surface area contributed by atoms with Crippen LogP contribution in [0.3, 0.4) is 0 Å². The van der Waals surface area contributed by atoms with E-state index in [1.165, 1.54) is 31.3 Å². The first-order chi connectivity index (χ1) is 19.0. The van der Waals surface area contributed by atoms with Crippen LogP contribution < -0.4 is 5.32 Å². The number of halogens is 1. The lowest BCUT2D eigenvalue weighted by Gasteiger charge is -2.28. The summed E-state index contributed by atoms with van der Waals surface area (Å²) >= 11 is 0. The maximum Gasteiger partial charge on any atom is 0.307 e. The quantitative estimate of drug-likeness (QED) is 0.290. The van der Waals surface area contributed by atoms with Gasteiger partial charge in [-0.05, 0) is 36.2 Å². The number of aliphatic hydroxyl groups excluding tert-OH is 1. The predicted octanol–water partition coefficient (Wildman–Crippen LogP) is 5.24. The van der Waals surface area contributed by atoms with Crippen LogP contribution in [0.1, 0.15) is 24.3 Å². The van der Waals surface area contributed by atoms with Crippen molar-refractivity contribution >= 4 is 33.5 Å². The molecule has 2 heterocycles. The smallest absolute Gasteiger partial charge is 0.307 e. The minimum Gasteiger partial charge on any atom is -0.505 e. The molecule has 41 heavy (non-hydrogen) atoms. The van der Waals surface area contributed by atoms with Crippen LogP contribution in [-0.2, 0) is 26.0 Å². The van der Waals surface area contributed by atoms with Crippen LogP contribution in [0, 0.1) is 12.7 Å². The molecule has 5 rings (SSSR count). The van der Waals surface area contributed by atoms with Gasteiger partial charge in [0.15, 0.2) is 17.3 Å². The zero-order valence-corrected chi connectivity index (χ0v) is 22.1. The van der Waals surface area contributed by atoms with Crippen LogP contribution in [0.15, 0.2) is 94.0 Å². The number of nitrogens with one attached hydrogen (secondary N) is 1. The molecule has 4 aromatic rings. The molecule has 0 saturated carbocycles. The second-order valence-corrected chi connectivity index (χ2v) is 10.6. The van der Waals surface area contributed by atoms with Gasteiger partial charge in [-0.25, -0.2) is 12.8 Å². The average molecular weight is 582 g/mol. The SMILES string of the molecule is C.Cc1cc(NC(=O)C2=C(O)c3ccccc3S(=O)(=O)N2C)no1.O=C(O)Cc1ccc(-c2ccccc2)c(F)c1. The van der Waals surface area contributed by atoms with E-state index in [2.05, 4.69) is 10.5 Å². The van der Waals surface area contributed by atoms with Crippen LogP contribution in [0.4, 0.5) is 10.2 Å². The summed E-state index contributed by atoms with van der Waals surface area (Å²) < 4.78 is 44.3. The van der Waals surface area contributed by atoms with E-state index in [-0.39, 0.29) is 35.8 Å². The van der Waals surface area contributed by atoms with E-state index in [0.717, 1.165) is 9.87 Å². The molecule has 12 heteroatoms. The molecule has 0 unspecified atom stereocenters. The van der Waals surface area contributed by atoms with Gasteiger partial charge in [0.2, 0.25) is 0 Å². The number of aliphatic carboxylic acids is 1. The average Bonchev–Trinajstić information content (AvgIpc) is 3.32. The number of aliphatic hydroxyl groups is 1. The van der Waals surface area contributed by atoms with E-state index in [9.17, 15) is 27.5 Å². The Bertz CT molecular complexity index is 1720. The van der Waals surface area contributed by atoms with Gasteiger partial charge >= 0.3 is 5.97 Å². The molecular weight excluding hydrogens is 553 g/mol. The van der Waals surface area contributed by atoms with Crippen LogP contribution in [-0.4, -0.2) is 47.0 Å². The van der Waals surface area contributed by atoms with Gasteiger partial charge in [0.1, 0.15) is 11.6 Å². The number of benzene rings is 3. The van der Waals surface area contributed by atoms with Crippen molar-refractivity contribution in [2.75, 3.05) is 12.4 Å². The molecule has 1 aliphatic rings. The summed E-state index contributed by atoms with van der Waals surface area (Å²) in [6.45, 7) is 1.65. The number of carbonyl (C=O) groups is 2. The molecule has 1 aromatic heterocycles. The number of aromatic nitrogens is 1. The number of fused-ring (bicyclic) bond motifs is 1. The highest BCUT2D eigenvalue weighted by atomic mass is 32.2. The number of rotatable bonds is 5. The summed E-state index contributed by atoms with van der Waals surface area (Å²) in [7, 11) is -2.73. The van der Waals surface area contributed by atoms with Crippen molar-refractivity contribution in [2.45, 2.75) is 25.7 Å². The van der Waals surface area contributed by atoms with Crippen LogP contribution in [0.2, 0.25) is 0 Å². The van der Waals surface area contributed by atoms with Crippen molar-refractivity contribution in [1.82, 2.24) is 9.46 Å². The van der Waals surface area contributed by atoms with Gasteiger partial charge in [-0.3, -0.25) is 13.9 Å². The molecule has 0 saturated heterocycles. The second kappa shape index (κ2) is 12.5. The molecule has 1 aliphatic heterocycles. The number of hydrogen-bond acceptors (Lipinski definition) is 7. The number of amides is 1. The maximum atomic E-state index is 13.8. The summed E-state index contributed by atoms with van der Waals surface area (Å²) in [5.41, 5.74) is 1.43. The fraction of sp³-hybridized carbons (Fsp3) is 0.138. The first kappa shape index (κ1) is 30.6. The number of likely N-dealkylation sites (N-methyl/N-ethyl adjacent to an activating group) is 1. The fourth-order valence-electron chi connectivity index (χ4n) is 3.98. The van der Waals surface area contributed by atoms with Crippen molar-refractivity contribution in [3.63, 3.8) is 0 Å². The molecule has 0 aliphatic carbocycles. The summed E-state index contributed by atoms with van der Waals surface area (Å²) in [6.07, 6.45) is -0.161. The summed E-state index contributed by atoms with van der Waals surface area (Å²) in [5, 5.41) is 25.0. The lowest BCUT2D eigenvalue weighted by atomic mass is 10.0. The molecular formula is C29H28FN3O7S. The number of carboxylic acids is 1. The first-order valence-corrected chi connectivity index (χ1v) is 13.2. The van der Waals surface area contributed by atoms with Crippen molar-refractivity contribution in [1.29, 1.82) is 0 Å². The molecule has 3 N–H and O–H groups in total. The largest absolute Gasteiger partial charge is 0.505 e. The highest BCUT2D eigenvalue weighted by molar-refractivity contribution is 7.89. The molecule has 0 fully saturated rings. The molecule has 0 atom stereocenters. The number of sulfonamides is 1. The number of carbonyl (C=O) groups excluding carboxylic acids is 1. The Hall–Kier alpha value is -4.97. The molecule has 0 spiro atoms. The van der Waals surface area contributed by atoms with Crippen molar-refractivity contribution in [2.24, 2.45) is 0 Å².